The van der Waals surface area contributed by atoms with E-state index in [9.17, 15) is 0 Å². The molecule has 0 atom stereocenters. The highest BCUT2D eigenvalue weighted by Crippen LogP contribution is 2.29. The van der Waals surface area contributed by atoms with Crippen molar-refractivity contribution in [1.82, 2.24) is 10.2 Å². The molecule has 8 heteroatoms. The summed E-state index contributed by atoms with van der Waals surface area (Å²) in [5.41, 5.74) is 12.8. The molecule has 0 aliphatic heterocycles. The standard InChI is InChI=1S/C29H44N4.4ClH/c30-17-7-1-11-21-33(22-12-2-9-19-32-20-10-8-18-31)24-29-27-15-5-3-13-25(27)23-26-14-4-6-16-28(26)29;;;;/h3-6,13-16,23,32H,1-2,7-12,17-22,24,30-31H2;4*1H. The highest BCUT2D eigenvalue weighted by Gasteiger charge is 2.12. The van der Waals surface area contributed by atoms with Gasteiger partial charge in [-0.2, -0.15) is 0 Å². The summed E-state index contributed by atoms with van der Waals surface area (Å²) < 4.78 is 0. The van der Waals surface area contributed by atoms with E-state index in [0.717, 1.165) is 58.7 Å². The second-order valence-electron chi connectivity index (χ2n) is 9.23. The highest BCUT2D eigenvalue weighted by molar-refractivity contribution is 6.02. The summed E-state index contributed by atoms with van der Waals surface area (Å²) in [7, 11) is 0. The Kier molecular flexibility index (Phi) is 23.9. The van der Waals surface area contributed by atoms with Crippen molar-refractivity contribution in [2.45, 2.75) is 57.9 Å². The third-order valence-corrected chi connectivity index (χ3v) is 6.58. The molecule has 0 aromatic heterocycles. The average Bonchev–Trinajstić information content (AvgIpc) is 2.85. The van der Waals surface area contributed by atoms with E-state index in [-0.39, 0.29) is 49.6 Å². The second-order valence-corrected chi connectivity index (χ2v) is 9.23. The van der Waals surface area contributed by atoms with E-state index >= 15 is 0 Å². The van der Waals surface area contributed by atoms with E-state index in [2.05, 4.69) is 64.8 Å². The summed E-state index contributed by atoms with van der Waals surface area (Å²) in [5, 5.41) is 9.03. The van der Waals surface area contributed by atoms with Gasteiger partial charge in [-0.3, -0.25) is 4.90 Å². The molecule has 0 unspecified atom stereocenters. The summed E-state index contributed by atoms with van der Waals surface area (Å²) in [6, 6.07) is 20.1. The zero-order valence-corrected chi connectivity index (χ0v) is 25.3. The van der Waals surface area contributed by atoms with Crippen LogP contribution in [0, 0.1) is 0 Å². The number of nitrogens with two attached hydrogens (primary N) is 2. The predicted octanol–water partition coefficient (Wildman–Crippen LogP) is 7.11. The fraction of sp³-hybridized carbons (Fsp3) is 0.517. The van der Waals surface area contributed by atoms with E-state index in [1.807, 2.05) is 0 Å². The van der Waals surface area contributed by atoms with Gasteiger partial charge in [0, 0.05) is 6.54 Å². The minimum atomic E-state index is 0. The van der Waals surface area contributed by atoms with Crippen LogP contribution in [-0.2, 0) is 6.54 Å². The SMILES string of the molecule is Cl.Cl.Cl.Cl.NCCCCCN(CCCCCNCCCCN)Cc1c2ccccc2cc2ccccc12. The molecule has 0 amide bonds. The molecule has 0 saturated heterocycles. The smallest absolute Gasteiger partial charge is 0.0246 e. The number of hydrogen-bond donors (Lipinski definition) is 3. The van der Waals surface area contributed by atoms with Crippen LogP contribution in [0.3, 0.4) is 0 Å². The van der Waals surface area contributed by atoms with Crippen molar-refractivity contribution < 1.29 is 0 Å². The van der Waals surface area contributed by atoms with Crippen LogP contribution in [-0.4, -0.2) is 44.2 Å². The fourth-order valence-corrected chi connectivity index (χ4v) is 4.71. The normalized spacial score (nSPS) is 10.5. The van der Waals surface area contributed by atoms with Crippen molar-refractivity contribution in [2.75, 3.05) is 39.3 Å². The molecule has 3 rings (SSSR count). The highest BCUT2D eigenvalue weighted by atomic mass is 35.5. The van der Waals surface area contributed by atoms with Crippen LogP contribution in [0.2, 0.25) is 0 Å². The first-order chi connectivity index (χ1) is 16.3. The van der Waals surface area contributed by atoms with Crippen LogP contribution in [0.15, 0.2) is 54.6 Å². The van der Waals surface area contributed by atoms with Crippen LogP contribution in [0.4, 0.5) is 0 Å². The number of hydrogen-bond acceptors (Lipinski definition) is 4. The van der Waals surface area contributed by atoms with Gasteiger partial charge in [-0.15, -0.1) is 49.6 Å². The van der Waals surface area contributed by atoms with Crippen molar-refractivity contribution in [2.24, 2.45) is 11.5 Å². The number of fused-ring (bicyclic) bond motifs is 2. The molecule has 0 fully saturated rings. The first-order valence-electron chi connectivity index (χ1n) is 13.1. The van der Waals surface area contributed by atoms with Crippen LogP contribution in [0.25, 0.3) is 21.5 Å². The van der Waals surface area contributed by atoms with Gasteiger partial charge < -0.3 is 16.8 Å². The Morgan fingerprint density at radius 2 is 1.03 bits per heavy atom. The van der Waals surface area contributed by atoms with Crippen LogP contribution < -0.4 is 16.8 Å². The summed E-state index contributed by atoms with van der Waals surface area (Å²) in [6.45, 7) is 7.14. The molecule has 0 saturated carbocycles. The summed E-state index contributed by atoms with van der Waals surface area (Å²) >= 11 is 0. The Labute approximate surface area is 249 Å². The van der Waals surface area contributed by atoms with E-state index in [4.69, 9.17) is 11.5 Å². The van der Waals surface area contributed by atoms with Crippen molar-refractivity contribution in [1.29, 1.82) is 0 Å². The summed E-state index contributed by atoms with van der Waals surface area (Å²) in [4.78, 5) is 2.68. The third kappa shape index (κ3) is 13.2. The molecule has 212 valence electrons. The Hall–Kier alpha value is -0.820. The Balaban J connectivity index is 0. The molecule has 0 bridgehead atoms. The van der Waals surface area contributed by atoms with E-state index in [1.54, 1.807) is 0 Å². The topological polar surface area (TPSA) is 67.3 Å². The predicted molar refractivity (Wildman–Crippen MR) is 174 cm³/mol. The molecule has 3 aromatic carbocycles. The maximum absolute atomic E-state index is 5.73. The molecule has 0 spiro atoms. The number of rotatable bonds is 17. The molecular formula is C29H48Cl4N4. The van der Waals surface area contributed by atoms with E-state index < -0.39 is 0 Å². The lowest BCUT2D eigenvalue weighted by Gasteiger charge is -2.24. The van der Waals surface area contributed by atoms with Crippen molar-refractivity contribution in [3.05, 3.63) is 60.2 Å². The molecule has 0 radical (unpaired) electrons. The van der Waals surface area contributed by atoms with Gasteiger partial charge in [0.25, 0.3) is 0 Å². The molecule has 5 N–H and O–H groups in total. The lowest BCUT2D eigenvalue weighted by molar-refractivity contribution is 0.254. The molecule has 0 aliphatic rings. The molecule has 0 aliphatic carbocycles. The number of halogens is 4. The fourth-order valence-electron chi connectivity index (χ4n) is 4.71. The average molecular weight is 595 g/mol. The lowest BCUT2D eigenvalue weighted by atomic mass is 9.96. The monoisotopic (exact) mass is 592 g/mol. The molecular weight excluding hydrogens is 546 g/mol. The summed E-state index contributed by atoms with van der Waals surface area (Å²) in [5.74, 6) is 0. The minimum Gasteiger partial charge on any atom is -0.330 e. The van der Waals surface area contributed by atoms with Gasteiger partial charge >= 0.3 is 0 Å². The number of nitrogens with one attached hydrogen (secondary N) is 1. The number of nitrogens with zero attached hydrogens (tertiary/aromatic N) is 1. The largest absolute Gasteiger partial charge is 0.330 e. The zero-order valence-electron chi connectivity index (χ0n) is 22.0. The van der Waals surface area contributed by atoms with E-state index in [1.165, 1.54) is 65.6 Å². The van der Waals surface area contributed by atoms with Gasteiger partial charge in [0.1, 0.15) is 0 Å². The van der Waals surface area contributed by atoms with Crippen LogP contribution >= 0.6 is 49.6 Å². The molecule has 4 nitrogen and oxygen atoms in total. The lowest BCUT2D eigenvalue weighted by Crippen LogP contribution is -2.26. The van der Waals surface area contributed by atoms with Crippen LogP contribution in [0.5, 0.6) is 0 Å². The van der Waals surface area contributed by atoms with Crippen molar-refractivity contribution in [3.63, 3.8) is 0 Å². The number of unbranched alkanes of at least 4 members (excludes halogenated alkanes) is 5. The molecule has 37 heavy (non-hydrogen) atoms. The van der Waals surface area contributed by atoms with Gasteiger partial charge in [-0.05, 0) is 111 Å². The third-order valence-electron chi connectivity index (χ3n) is 6.58. The Morgan fingerprint density at radius 1 is 0.568 bits per heavy atom. The molecule has 0 heterocycles. The molecule has 3 aromatic rings. The van der Waals surface area contributed by atoms with Crippen molar-refractivity contribution in [3.8, 4) is 0 Å². The van der Waals surface area contributed by atoms with Gasteiger partial charge in [0.2, 0.25) is 0 Å². The van der Waals surface area contributed by atoms with Gasteiger partial charge in [0.15, 0.2) is 0 Å². The van der Waals surface area contributed by atoms with Crippen molar-refractivity contribution >= 4 is 71.2 Å². The van der Waals surface area contributed by atoms with Gasteiger partial charge in [-0.25, -0.2) is 0 Å². The Bertz CT molecular complexity index is 903. The summed E-state index contributed by atoms with van der Waals surface area (Å²) in [6.07, 6.45) is 9.66. The zero-order chi connectivity index (χ0) is 23.1. The van der Waals surface area contributed by atoms with Gasteiger partial charge in [-0.1, -0.05) is 61.4 Å². The number of benzene rings is 3. The Morgan fingerprint density at radius 3 is 1.57 bits per heavy atom. The quantitative estimate of drug-likeness (QED) is 0.115. The first-order valence-corrected chi connectivity index (χ1v) is 13.1. The van der Waals surface area contributed by atoms with E-state index in [0.29, 0.717) is 0 Å². The maximum atomic E-state index is 5.73. The minimum absolute atomic E-state index is 0. The second kappa shape index (κ2) is 23.1. The first kappa shape index (κ1) is 38.3. The maximum Gasteiger partial charge on any atom is 0.0246 e. The van der Waals surface area contributed by atoms with Gasteiger partial charge in [0.05, 0.1) is 0 Å². The van der Waals surface area contributed by atoms with Crippen LogP contribution in [0.1, 0.15) is 56.9 Å².